The number of rotatable bonds is 5. The summed E-state index contributed by atoms with van der Waals surface area (Å²) < 4.78 is 1.51. The average Bonchev–Trinajstić information content (AvgIpc) is 2.70. The molecule has 2 unspecified atom stereocenters. The van der Waals surface area contributed by atoms with E-state index < -0.39 is 16.9 Å². The van der Waals surface area contributed by atoms with Gasteiger partial charge in [0.05, 0.1) is 22.8 Å². The van der Waals surface area contributed by atoms with E-state index in [2.05, 4.69) is 17.3 Å². The summed E-state index contributed by atoms with van der Waals surface area (Å²) in [5.41, 5.74) is 0.915. The van der Waals surface area contributed by atoms with Crippen LogP contribution in [-0.2, 0) is 16.8 Å². The first-order chi connectivity index (χ1) is 14.3. The Morgan fingerprint density at radius 3 is 2.70 bits per heavy atom. The lowest BCUT2D eigenvalue weighted by atomic mass is 9.47. The number of carboxylic acids is 1. The van der Waals surface area contributed by atoms with E-state index in [1.54, 1.807) is 6.20 Å². The molecule has 1 heterocycles. The number of nitrogens with one attached hydrogen (secondary N) is 1. The third kappa shape index (κ3) is 2.96. The van der Waals surface area contributed by atoms with Crippen LogP contribution in [0.15, 0.2) is 35.3 Å². The zero-order valence-electron chi connectivity index (χ0n) is 17.0. The molecule has 4 aliphatic rings. The molecule has 7 heteroatoms. The third-order valence-electron chi connectivity index (χ3n) is 7.47. The molecule has 2 aromatic rings. The van der Waals surface area contributed by atoms with Gasteiger partial charge in [-0.05, 0) is 74.5 Å². The van der Waals surface area contributed by atoms with Gasteiger partial charge in [0, 0.05) is 5.69 Å². The maximum Gasteiger partial charge on any atom is 0.309 e. The molecule has 6 rings (SSSR count). The van der Waals surface area contributed by atoms with Gasteiger partial charge < -0.3 is 10.4 Å². The van der Waals surface area contributed by atoms with E-state index in [1.807, 2.05) is 24.3 Å². The number of benzene rings is 1. The molecule has 1 aromatic heterocycles. The second-order valence-corrected chi connectivity index (χ2v) is 9.92. The fourth-order valence-electron chi connectivity index (χ4n) is 6.59. The van der Waals surface area contributed by atoms with Gasteiger partial charge >= 0.3 is 5.97 Å². The number of anilines is 2. The van der Waals surface area contributed by atoms with Gasteiger partial charge in [-0.15, -0.1) is 0 Å². The lowest BCUT2D eigenvalue weighted by Gasteiger charge is -2.60. The molecule has 6 nitrogen and oxygen atoms in total. The lowest BCUT2D eigenvalue weighted by Crippen LogP contribution is -2.61. The summed E-state index contributed by atoms with van der Waals surface area (Å²) >= 11 is 6.51. The molecule has 2 N–H and O–H groups in total. The summed E-state index contributed by atoms with van der Waals surface area (Å²) in [5.74, 6) is -0.0527. The largest absolute Gasteiger partial charge is 0.481 e. The summed E-state index contributed by atoms with van der Waals surface area (Å²) in [4.78, 5) is 25.4. The van der Waals surface area contributed by atoms with Crippen molar-refractivity contribution in [1.82, 2.24) is 9.78 Å². The summed E-state index contributed by atoms with van der Waals surface area (Å²) in [7, 11) is 0. The van der Waals surface area contributed by atoms with Crippen LogP contribution >= 0.6 is 11.6 Å². The standard InChI is InChI=1S/C23H26ClN3O3/c1-2-14-4-3-5-17(7-14)26-18-12-25-27(20(28)19(18)24)23-10-15-6-16(11-23)9-22(8-15,13-23)21(29)30/h3-5,7,12,15-16,26H,2,6,8-11,13H2,1H3,(H,29,30)/t15-,16+,22?,23?. The van der Waals surface area contributed by atoms with Crippen LogP contribution in [0, 0.1) is 17.3 Å². The predicted molar refractivity (Wildman–Crippen MR) is 115 cm³/mol. The number of aliphatic carboxylic acids is 1. The number of hydrogen-bond acceptors (Lipinski definition) is 4. The molecule has 30 heavy (non-hydrogen) atoms. The van der Waals surface area contributed by atoms with E-state index in [9.17, 15) is 14.7 Å². The van der Waals surface area contributed by atoms with Crippen molar-refractivity contribution in [3.63, 3.8) is 0 Å². The first-order valence-corrected chi connectivity index (χ1v) is 11.1. The van der Waals surface area contributed by atoms with Crippen LogP contribution < -0.4 is 10.9 Å². The summed E-state index contributed by atoms with van der Waals surface area (Å²) in [6, 6.07) is 7.97. The van der Waals surface area contributed by atoms with Crippen LogP contribution in [0.5, 0.6) is 0 Å². The quantitative estimate of drug-likeness (QED) is 0.729. The average molecular weight is 428 g/mol. The highest BCUT2D eigenvalue weighted by Gasteiger charge is 2.62. The van der Waals surface area contributed by atoms with Crippen molar-refractivity contribution in [2.75, 3.05) is 5.32 Å². The number of aryl methyl sites for hydroxylation is 1. The molecular weight excluding hydrogens is 402 g/mol. The number of carbonyl (C=O) groups is 1. The summed E-state index contributed by atoms with van der Waals surface area (Å²) in [5, 5.41) is 17.8. The minimum Gasteiger partial charge on any atom is -0.481 e. The molecular formula is C23H26ClN3O3. The van der Waals surface area contributed by atoms with Gasteiger partial charge in [0.15, 0.2) is 0 Å². The van der Waals surface area contributed by atoms with Crippen LogP contribution in [0.25, 0.3) is 0 Å². The molecule has 4 aliphatic carbocycles. The summed E-state index contributed by atoms with van der Waals surface area (Å²) in [6.45, 7) is 2.09. The maximum atomic E-state index is 13.3. The van der Waals surface area contributed by atoms with Gasteiger partial charge in [0.25, 0.3) is 5.56 Å². The van der Waals surface area contributed by atoms with Crippen LogP contribution in [0.3, 0.4) is 0 Å². The first-order valence-electron chi connectivity index (χ1n) is 10.7. The maximum absolute atomic E-state index is 13.3. The fraction of sp³-hybridized carbons (Fsp3) is 0.522. The molecule has 0 saturated heterocycles. The number of carboxylic acid groups (broad SMARTS) is 1. The first kappa shape index (κ1) is 19.6. The highest BCUT2D eigenvalue weighted by molar-refractivity contribution is 6.33. The van der Waals surface area contributed by atoms with Crippen molar-refractivity contribution >= 4 is 28.9 Å². The van der Waals surface area contributed by atoms with Gasteiger partial charge in [-0.1, -0.05) is 30.7 Å². The van der Waals surface area contributed by atoms with E-state index in [0.29, 0.717) is 23.9 Å². The molecule has 4 saturated carbocycles. The van der Waals surface area contributed by atoms with E-state index in [4.69, 9.17) is 11.6 Å². The molecule has 1 aromatic carbocycles. The number of nitrogens with zero attached hydrogens (tertiary/aromatic N) is 2. The van der Waals surface area contributed by atoms with Crippen LogP contribution in [-0.4, -0.2) is 20.9 Å². The molecule has 0 amide bonds. The van der Waals surface area contributed by atoms with Crippen LogP contribution in [0.1, 0.15) is 51.0 Å². The monoisotopic (exact) mass is 427 g/mol. The SMILES string of the molecule is CCc1cccc(Nc2cnn(C34C[C@@H]5C[C@@H](CC(C(=O)O)(C5)C3)C4)c(=O)c2Cl)c1. The molecule has 158 valence electrons. The Hall–Kier alpha value is -2.34. The second-order valence-electron chi connectivity index (χ2n) is 9.54. The molecule has 4 fully saturated rings. The Labute approximate surface area is 180 Å². The van der Waals surface area contributed by atoms with Crippen LogP contribution in [0.2, 0.25) is 5.02 Å². The minimum absolute atomic E-state index is 0.104. The third-order valence-corrected chi connectivity index (χ3v) is 7.83. The molecule has 0 radical (unpaired) electrons. The lowest BCUT2D eigenvalue weighted by molar-refractivity contribution is -0.173. The topological polar surface area (TPSA) is 84.2 Å². The fourth-order valence-corrected chi connectivity index (χ4v) is 6.77. The Morgan fingerprint density at radius 1 is 1.30 bits per heavy atom. The number of halogens is 1. The molecule has 4 bridgehead atoms. The van der Waals surface area contributed by atoms with Crippen molar-refractivity contribution in [3.05, 3.63) is 51.4 Å². The van der Waals surface area contributed by atoms with Crippen LogP contribution in [0.4, 0.5) is 11.4 Å². The van der Waals surface area contributed by atoms with Gasteiger partial charge in [0.1, 0.15) is 5.02 Å². The van der Waals surface area contributed by atoms with Crippen molar-refractivity contribution in [1.29, 1.82) is 0 Å². The predicted octanol–water partition coefficient (Wildman–Crippen LogP) is 4.58. The van der Waals surface area contributed by atoms with E-state index >= 15 is 0 Å². The Balaban J connectivity index is 1.51. The number of aromatic nitrogens is 2. The molecule has 0 aliphatic heterocycles. The number of hydrogen-bond donors (Lipinski definition) is 2. The highest BCUT2D eigenvalue weighted by Crippen LogP contribution is 2.63. The van der Waals surface area contributed by atoms with E-state index in [1.165, 1.54) is 10.2 Å². The van der Waals surface area contributed by atoms with Crippen molar-refractivity contribution in [3.8, 4) is 0 Å². The Bertz CT molecular complexity index is 1070. The smallest absolute Gasteiger partial charge is 0.309 e. The van der Waals surface area contributed by atoms with Gasteiger partial charge in [0.2, 0.25) is 0 Å². The minimum atomic E-state index is -0.728. The van der Waals surface area contributed by atoms with E-state index in [-0.39, 0.29) is 10.6 Å². The van der Waals surface area contributed by atoms with Gasteiger partial charge in [-0.25, -0.2) is 4.68 Å². The van der Waals surface area contributed by atoms with Gasteiger partial charge in [-0.2, -0.15) is 5.10 Å². The zero-order chi connectivity index (χ0) is 21.1. The summed E-state index contributed by atoms with van der Waals surface area (Å²) in [6.07, 6.45) is 7.12. The van der Waals surface area contributed by atoms with Crippen molar-refractivity contribution < 1.29 is 9.90 Å². The van der Waals surface area contributed by atoms with Gasteiger partial charge in [-0.3, -0.25) is 9.59 Å². The molecule has 4 atom stereocenters. The van der Waals surface area contributed by atoms with E-state index in [0.717, 1.165) is 44.2 Å². The normalized spacial score (nSPS) is 31.7. The Kier molecular flexibility index (Phi) is 4.47. The second kappa shape index (κ2) is 6.84. The van der Waals surface area contributed by atoms with Crippen molar-refractivity contribution in [2.45, 2.75) is 57.4 Å². The Morgan fingerprint density at radius 2 is 2.03 bits per heavy atom. The van der Waals surface area contributed by atoms with Crippen molar-refractivity contribution in [2.24, 2.45) is 17.3 Å². The zero-order valence-corrected chi connectivity index (χ0v) is 17.8. The molecule has 0 spiro atoms. The highest BCUT2D eigenvalue weighted by atomic mass is 35.5.